The van der Waals surface area contributed by atoms with Gasteiger partial charge in [-0.3, -0.25) is 4.79 Å². The van der Waals surface area contributed by atoms with Crippen LogP contribution in [0, 0.1) is 18.8 Å². The molecular weight excluding hydrogens is 246 g/mol. The number of amides is 1. The number of nitrogens with zero attached hydrogens (tertiary/aromatic N) is 1. The average molecular weight is 259 g/mol. The van der Waals surface area contributed by atoms with Crippen LogP contribution in [-0.4, -0.2) is 5.91 Å². The van der Waals surface area contributed by atoms with E-state index in [1.165, 1.54) is 6.07 Å². The van der Waals surface area contributed by atoms with Gasteiger partial charge in [0.1, 0.15) is 18.1 Å². The average Bonchev–Trinajstić information content (AvgIpc) is 2.79. The Morgan fingerprint density at radius 2 is 1.95 bits per heavy atom. The molecule has 0 N–H and O–H groups in total. The maximum absolute atomic E-state index is 11.1. The van der Waals surface area contributed by atoms with Gasteiger partial charge < -0.3 is 9.15 Å². The third kappa shape index (κ3) is 3.07. The first kappa shape index (κ1) is 13.0. The summed E-state index contributed by atoms with van der Waals surface area (Å²) in [5, 5.41) is 2.32. The van der Waals surface area contributed by atoms with Gasteiger partial charge in [-0.05, 0) is 32.0 Å². The number of benzene rings is 1. The fraction of sp³-hybridized carbons (Fsp3) is 0.214. The normalized spacial score (nSPS) is 10.2. The lowest BCUT2D eigenvalue weighted by Gasteiger charge is -2.05. The van der Waals surface area contributed by atoms with Crippen LogP contribution in [0.5, 0.6) is 5.75 Å². The minimum atomic E-state index is -0.912. The molecule has 0 fully saturated rings. The SMILES string of the molecule is Cc1ccc(OCc2cc(C(=O)N=O)oc2C)cc1. The Labute approximate surface area is 110 Å². The van der Waals surface area contributed by atoms with Gasteiger partial charge in [0, 0.05) is 10.7 Å². The van der Waals surface area contributed by atoms with Crippen LogP contribution >= 0.6 is 0 Å². The lowest BCUT2D eigenvalue weighted by atomic mass is 10.2. The van der Waals surface area contributed by atoms with Crippen molar-refractivity contribution >= 4 is 5.91 Å². The summed E-state index contributed by atoms with van der Waals surface area (Å²) in [6, 6.07) is 9.10. The number of rotatable bonds is 4. The van der Waals surface area contributed by atoms with E-state index in [0.29, 0.717) is 11.3 Å². The lowest BCUT2D eigenvalue weighted by Crippen LogP contribution is -1.95. The van der Waals surface area contributed by atoms with Crippen molar-refractivity contribution in [2.45, 2.75) is 20.5 Å². The van der Waals surface area contributed by atoms with Crippen LogP contribution in [0.4, 0.5) is 0 Å². The van der Waals surface area contributed by atoms with Gasteiger partial charge in [0.15, 0.2) is 5.76 Å². The van der Waals surface area contributed by atoms with E-state index in [-0.39, 0.29) is 12.4 Å². The van der Waals surface area contributed by atoms with Crippen molar-refractivity contribution in [1.82, 2.24) is 0 Å². The number of aryl methyl sites for hydroxylation is 2. The van der Waals surface area contributed by atoms with Crippen molar-refractivity contribution < 1.29 is 13.9 Å². The van der Waals surface area contributed by atoms with Gasteiger partial charge in [-0.15, -0.1) is 4.91 Å². The predicted molar refractivity (Wildman–Crippen MR) is 69.1 cm³/mol. The quantitative estimate of drug-likeness (QED) is 0.789. The molecule has 0 unspecified atom stereocenters. The topological polar surface area (TPSA) is 68.9 Å². The maximum Gasteiger partial charge on any atom is 0.351 e. The van der Waals surface area contributed by atoms with E-state index >= 15 is 0 Å². The van der Waals surface area contributed by atoms with Gasteiger partial charge in [0.2, 0.25) is 0 Å². The van der Waals surface area contributed by atoms with Gasteiger partial charge in [-0.1, -0.05) is 17.7 Å². The molecule has 0 radical (unpaired) electrons. The van der Waals surface area contributed by atoms with E-state index in [1.807, 2.05) is 31.2 Å². The molecule has 5 nitrogen and oxygen atoms in total. The lowest BCUT2D eigenvalue weighted by molar-refractivity contribution is 0.0973. The molecule has 19 heavy (non-hydrogen) atoms. The van der Waals surface area contributed by atoms with E-state index in [0.717, 1.165) is 11.3 Å². The van der Waals surface area contributed by atoms with Gasteiger partial charge in [0.25, 0.3) is 0 Å². The van der Waals surface area contributed by atoms with Crippen LogP contribution in [0.3, 0.4) is 0 Å². The van der Waals surface area contributed by atoms with Gasteiger partial charge in [0.05, 0.1) is 0 Å². The first-order chi connectivity index (χ1) is 9.10. The van der Waals surface area contributed by atoms with E-state index in [1.54, 1.807) is 6.92 Å². The first-order valence-electron chi connectivity index (χ1n) is 5.76. The van der Waals surface area contributed by atoms with Crippen LogP contribution < -0.4 is 4.74 Å². The van der Waals surface area contributed by atoms with E-state index in [9.17, 15) is 9.70 Å². The second kappa shape index (κ2) is 5.48. The molecule has 0 aliphatic carbocycles. The van der Waals surface area contributed by atoms with Crippen LogP contribution in [0.15, 0.2) is 39.9 Å². The number of ether oxygens (including phenoxy) is 1. The van der Waals surface area contributed by atoms with Crippen molar-refractivity contribution in [3.05, 3.63) is 57.9 Å². The minimum absolute atomic E-state index is 0.0602. The molecule has 0 atom stereocenters. The molecule has 1 aromatic carbocycles. The summed E-state index contributed by atoms with van der Waals surface area (Å²) in [6.07, 6.45) is 0. The summed E-state index contributed by atoms with van der Waals surface area (Å²) in [4.78, 5) is 21.2. The summed E-state index contributed by atoms with van der Waals surface area (Å²) >= 11 is 0. The highest BCUT2D eigenvalue weighted by atomic mass is 16.5. The molecule has 98 valence electrons. The fourth-order valence-corrected chi connectivity index (χ4v) is 1.61. The molecule has 0 spiro atoms. The summed E-state index contributed by atoms with van der Waals surface area (Å²) in [5.74, 6) is 0.298. The van der Waals surface area contributed by atoms with E-state index < -0.39 is 5.91 Å². The number of furan rings is 1. The Bertz CT molecular complexity index is 598. The van der Waals surface area contributed by atoms with E-state index in [4.69, 9.17) is 9.15 Å². The van der Waals surface area contributed by atoms with Crippen molar-refractivity contribution in [3.8, 4) is 5.75 Å². The van der Waals surface area contributed by atoms with Crippen molar-refractivity contribution in [2.24, 2.45) is 5.18 Å². The first-order valence-corrected chi connectivity index (χ1v) is 5.76. The molecule has 0 saturated heterocycles. The fourth-order valence-electron chi connectivity index (χ4n) is 1.61. The second-order valence-electron chi connectivity index (χ2n) is 4.19. The molecule has 1 heterocycles. The Balaban J connectivity index is 2.07. The Morgan fingerprint density at radius 3 is 2.58 bits per heavy atom. The zero-order chi connectivity index (χ0) is 13.8. The molecule has 0 bridgehead atoms. The zero-order valence-electron chi connectivity index (χ0n) is 10.7. The number of carbonyl (C=O) groups is 1. The Hall–Kier alpha value is -2.43. The standard InChI is InChI=1S/C14H13NO4/c1-9-3-5-12(6-4-9)18-8-11-7-13(14(16)15-17)19-10(11)2/h3-7H,8H2,1-2H3. The van der Waals surface area contributed by atoms with Gasteiger partial charge in [-0.25, -0.2) is 0 Å². The molecule has 1 amide bonds. The molecule has 0 aliphatic rings. The minimum Gasteiger partial charge on any atom is -0.489 e. The van der Waals surface area contributed by atoms with Crippen LogP contribution in [-0.2, 0) is 6.61 Å². The van der Waals surface area contributed by atoms with Gasteiger partial charge >= 0.3 is 5.91 Å². The zero-order valence-corrected chi connectivity index (χ0v) is 10.7. The summed E-state index contributed by atoms with van der Waals surface area (Å²) in [7, 11) is 0. The maximum atomic E-state index is 11.1. The summed E-state index contributed by atoms with van der Waals surface area (Å²) in [5.41, 5.74) is 1.87. The number of hydrogen-bond acceptors (Lipinski definition) is 4. The molecule has 1 aromatic heterocycles. The highest BCUT2D eigenvalue weighted by molar-refractivity contribution is 5.92. The highest BCUT2D eigenvalue weighted by Gasteiger charge is 2.15. The second-order valence-corrected chi connectivity index (χ2v) is 4.19. The van der Waals surface area contributed by atoms with E-state index in [2.05, 4.69) is 5.18 Å². The third-order valence-electron chi connectivity index (χ3n) is 2.73. The third-order valence-corrected chi connectivity index (χ3v) is 2.73. The summed E-state index contributed by atoms with van der Waals surface area (Å²) < 4.78 is 10.7. The van der Waals surface area contributed by atoms with Crippen LogP contribution in [0.25, 0.3) is 0 Å². The monoisotopic (exact) mass is 259 g/mol. The molecule has 2 aromatic rings. The molecule has 0 aliphatic heterocycles. The molecular formula is C14H13NO4. The smallest absolute Gasteiger partial charge is 0.351 e. The Morgan fingerprint density at radius 1 is 1.26 bits per heavy atom. The molecule has 0 saturated carbocycles. The molecule has 5 heteroatoms. The largest absolute Gasteiger partial charge is 0.489 e. The number of nitroso groups, excluding NO2 is 1. The van der Waals surface area contributed by atoms with Crippen molar-refractivity contribution in [1.29, 1.82) is 0 Å². The van der Waals surface area contributed by atoms with Crippen molar-refractivity contribution in [3.63, 3.8) is 0 Å². The van der Waals surface area contributed by atoms with Crippen LogP contribution in [0.1, 0.15) is 27.4 Å². The van der Waals surface area contributed by atoms with Gasteiger partial charge in [-0.2, -0.15) is 0 Å². The highest BCUT2D eigenvalue weighted by Crippen LogP contribution is 2.19. The Kier molecular flexibility index (Phi) is 3.75. The number of hydrogen-bond donors (Lipinski definition) is 0. The van der Waals surface area contributed by atoms with Crippen molar-refractivity contribution in [2.75, 3.05) is 0 Å². The van der Waals surface area contributed by atoms with Crippen LogP contribution in [0.2, 0.25) is 0 Å². The molecule has 2 rings (SSSR count). The summed E-state index contributed by atoms with van der Waals surface area (Å²) in [6.45, 7) is 3.97. The number of carbonyl (C=O) groups excluding carboxylic acids is 1. The predicted octanol–water partition coefficient (Wildman–Crippen LogP) is 3.38.